The summed E-state index contributed by atoms with van der Waals surface area (Å²) < 4.78 is 5.29. The summed E-state index contributed by atoms with van der Waals surface area (Å²) in [5.74, 6) is -0.0227. The fourth-order valence-electron chi connectivity index (χ4n) is 2.37. The predicted octanol–water partition coefficient (Wildman–Crippen LogP) is 0.0750. The fraction of sp³-hybridized carbons (Fsp3) is 0.333. The maximum absolute atomic E-state index is 11.3. The largest absolute Gasteiger partial charge is 0.435 e. The van der Waals surface area contributed by atoms with Crippen LogP contribution in [0.2, 0.25) is 0 Å². The number of hydrogen-bond donors (Lipinski definition) is 3. The van der Waals surface area contributed by atoms with Crippen molar-refractivity contribution in [3.8, 4) is 0 Å². The van der Waals surface area contributed by atoms with Crippen molar-refractivity contribution in [2.75, 3.05) is 18.4 Å². The lowest BCUT2D eigenvalue weighted by Gasteiger charge is -2.25. The van der Waals surface area contributed by atoms with E-state index in [1.165, 1.54) is 0 Å². The van der Waals surface area contributed by atoms with Crippen molar-refractivity contribution in [2.24, 2.45) is 5.73 Å². The Morgan fingerprint density at radius 1 is 1.39 bits per heavy atom. The molecule has 6 heteroatoms. The number of amides is 2. The van der Waals surface area contributed by atoms with Crippen molar-refractivity contribution in [2.45, 2.75) is 12.0 Å². The number of nitrogens with one attached hydrogen (secondary N) is 2. The third-order valence-corrected chi connectivity index (χ3v) is 3.39. The van der Waals surface area contributed by atoms with Gasteiger partial charge >= 0.3 is 6.09 Å². The van der Waals surface area contributed by atoms with Gasteiger partial charge in [0.2, 0.25) is 5.91 Å². The van der Waals surface area contributed by atoms with Crippen LogP contribution >= 0.6 is 0 Å². The number of benzene rings is 1. The van der Waals surface area contributed by atoms with Gasteiger partial charge in [-0.25, -0.2) is 4.79 Å². The molecule has 2 amide bonds. The first-order valence-electron chi connectivity index (χ1n) is 5.73. The van der Waals surface area contributed by atoms with Crippen LogP contribution < -0.4 is 16.4 Å². The molecule has 94 valence electrons. The lowest BCUT2D eigenvalue weighted by Crippen LogP contribution is -2.38. The Bertz CT molecular complexity index is 543. The van der Waals surface area contributed by atoms with E-state index in [0.29, 0.717) is 13.0 Å². The minimum atomic E-state index is -0.822. The zero-order chi connectivity index (χ0) is 12.8. The van der Waals surface area contributed by atoms with Crippen LogP contribution in [0.3, 0.4) is 0 Å². The molecule has 4 N–H and O–H groups in total. The summed E-state index contributed by atoms with van der Waals surface area (Å²) in [5.41, 5.74) is 7.46. The highest BCUT2D eigenvalue weighted by atomic mass is 16.6. The number of fused-ring (bicyclic) bond motifs is 1. The van der Waals surface area contributed by atoms with Gasteiger partial charge in [0.1, 0.15) is 0 Å². The third-order valence-electron chi connectivity index (χ3n) is 3.39. The molecule has 2 heterocycles. The highest BCUT2D eigenvalue weighted by Gasteiger charge is 2.41. The molecule has 0 spiro atoms. The molecule has 2 aliphatic heterocycles. The standard InChI is InChI=1S/C12H13N3O3/c13-5-12(6-14-11(17)18-12)8-1-2-9-7(3-8)4-10(16)15-9/h1-3H,4-6,13H2,(H,14,17)(H,15,16). The molecule has 1 aromatic rings. The van der Waals surface area contributed by atoms with Gasteiger partial charge in [-0.15, -0.1) is 0 Å². The van der Waals surface area contributed by atoms with Gasteiger partial charge in [-0.1, -0.05) is 6.07 Å². The summed E-state index contributed by atoms with van der Waals surface area (Å²) in [5, 5.41) is 5.37. The Kier molecular flexibility index (Phi) is 2.27. The molecule has 0 aromatic heterocycles. The summed E-state index contributed by atoms with van der Waals surface area (Å²) in [6.45, 7) is 0.550. The number of rotatable bonds is 2. The van der Waals surface area contributed by atoms with Gasteiger partial charge in [0, 0.05) is 12.2 Å². The third kappa shape index (κ3) is 1.53. The molecular formula is C12H13N3O3. The Labute approximate surface area is 103 Å². The van der Waals surface area contributed by atoms with Crippen LogP contribution in [-0.2, 0) is 21.6 Å². The number of cyclic esters (lactones) is 1. The average molecular weight is 247 g/mol. The molecule has 18 heavy (non-hydrogen) atoms. The number of anilines is 1. The van der Waals surface area contributed by atoms with Crippen LogP contribution in [0.4, 0.5) is 10.5 Å². The van der Waals surface area contributed by atoms with E-state index in [1.807, 2.05) is 18.2 Å². The first kappa shape index (κ1) is 11.0. The van der Waals surface area contributed by atoms with Crippen LogP contribution in [-0.4, -0.2) is 25.1 Å². The van der Waals surface area contributed by atoms with Crippen LogP contribution in [0.1, 0.15) is 11.1 Å². The van der Waals surface area contributed by atoms with Crippen LogP contribution in [0, 0.1) is 0 Å². The second kappa shape index (κ2) is 3.71. The van der Waals surface area contributed by atoms with E-state index in [9.17, 15) is 9.59 Å². The van der Waals surface area contributed by atoms with E-state index >= 15 is 0 Å². The molecular weight excluding hydrogens is 234 g/mol. The number of carbonyl (C=O) groups excluding carboxylic acids is 2. The molecule has 1 saturated heterocycles. The molecule has 1 fully saturated rings. The highest BCUT2D eigenvalue weighted by molar-refractivity contribution is 5.99. The molecule has 0 bridgehead atoms. The second-order valence-electron chi connectivity index (χ2n) is 4.54. The quantitative estimate of drug-likeness (QED) is 0.689. The van der Waals surface area contributed by atoms with Gasteiger partial charge in [0.05, 0.1) is 13.0 Å². The topological polar surface area (TPSA) is 93.5 Å². The fourth-order valence-corrected chi connectivity index (χ4v) is 2.37. The lowest BCUT2D eigenvalue weighted by atomic mass is 9.92. The number of nitrogens with two attached hydrogens (primary N) is 1. The van der Waals surface area contributed by atoms with E-state index in [2.05, 4.69) is 10.6 Å². The first-order valence-corrected chi connectivity index (χ1v) is 5.73. The van der Waals surface area contributed by atoms with Gasteiger partial charge in [-0.2, -0.15) is 0 Å². The average Bonchev–Trinajstić information content (AvgIpc) is 2.91. The van der Waals surface area contributed by atoms with Gasteiger partial charge in [0.15, 0.2) is 5.60 Å². The molecule has 6 nitrogen and oxygen atoms in total. The molecule has 3 rings (SSSR count). The number of carbonyl (C=O) groups is 2. The maximum Gasteiger partial charge on any atom is 0.408 e. The predicted molar refractivity (Wildman–Crippen MR) is 64.0 cm³/mol. The number of hydrogen-bond acceptors (Lipinski definition) is 4. The Hall–Kier alpha value is -2.08. The van der Waals surface area contributed by atoms with E-state index in [4.69, 9.17) is 10.5 Å². The van der Waals surface area contributed by atoms with Crippen LogP contribution in [0.5, 0.6) is 0 Å². The number of ether oxygens (including phenoxy) is 1. The summed E-state index contributed by atoms with van der Waals surface area (Å²) in [6.07, 6.45) is -0.110. The zero-order valence-electron chi connectivity index (χ0n) is 9.66. The van der Waals surface area contributed by atoms with E-state index in [1.54, 1.807) is 0 Å². The van der Waals surface area contributed by atoms with Crippen LogP contribution in [0.15, 0.2) is 18.2 Å². The van der Waals surface area contributed by atoms with Gasteiger partial charge in [-0.05, 0) is 23.3 Å². The normalized spacial score (nSPS) is 25.4. The van der Waals surface area contributed by atoms with Crippen molar-refractivity contribution in [1.29, 1.82) is 0 Å². The van der Waals surface area contributed by atoms with E-state index in [0.717, 1.165) is 16.8 Å². The Morgan fingerprint density at radius 2 is 2.22 bits per heavy atom. The van der Waals surface area contributed by atoms with Crippen LogP contribution in [0.25, 0.3) is 0 Å². The van der Waals surface area contributed by atoms with Crippen molar-refractivity contribution < 1.29 is 14.3 Å². The minimum Gasteiger partial charge on any atom is -0.435 e. The molecule has 0 aliphatic carbocycles. The van der Waals surface area contributed by atoms with Crippen molar-refractivity contribution in [3.05, 3.63) is 29.3 Å². The van der Waals surface area contributed by atoms with E-state index in [-0.39, 0.29) is 12.5 Å². The summed E-state index contributed by atoms with van der Waals surface area (Å²) >= 11 is 0. The second-order valence-corrected chi connectivity index (χ2v) is 4.54. The monoisotopic (exact) mass is 247 g/mol. The molecule has 1 aromatic carbocycles. The minimum absolute atomic E-state index is 0.0227. The molecule has 0 radical (unpaired) electrons. The van der Waals surface area contributed by atoms with E-state index < -0.39 is 11.7 Å². The zero-order valence-corrected chi connectivity index (χ0v) is 9.66. The van der Waals surface area contributed by atoms with Gasteiger partial charge in [-0.3, -0.25) is 4.79 Å². The molecule has 2 aliphatic rings. The van der Waals surface area contributed by atoms with Crippen molar-refractivity contribution >= 4 is 17.7 Å². The molecule has 0 saturated carbocycles. The van der Waals surface area contributed by atoms with Gasteiger partial charge in [0.25, 0.3) is 0 Å². The Balaban J connectivity index is 2.00. The summed E-state index contributed by atoms with van der Waals surface area (Å²) in [7, 11) is 0. The Morgan fingerprint density at radius 3 is 2.89 bits per heavy atom. The molecule has 1 unspecified atom stereocenters. The molecule has 1 atom stereocenters. The smallest absolute Gasteiger partial charge is 0.408 e. The number of alkyl carbamates (subject to hydrolysis) is 1. The summed E-state index contributed by atoms with van der Waals surface area (Å²) in [6, 6.07) is 5.52. The van der Waals surface area contributed by atoms with Gasteiger partial charge < -0.3 is 21.1 Å². The first-order chi connectivity index (χ1) is 8.63. The lowest BCUT2D eigenvalue weighted by molar-refractivity contribution is -0.115. The summed E-state index contributed by atoms with van der Waals surface area (Å²) in [4.78, 5) is 22.5. The highest BCUT2D eigenvalue weighted by Crippen LogP contribution is 2.32. The van der Waals surface area contributed by atoms with Crippen molar-refractivity contribution in [3.63, 3.8) is 0 Å². The van der Waals surface area contributed by atoms with Crippen molar-refractivity contribution in [1.82, 2.24) is 5.32 Å². The SMILES string of the molecule is NCC1(c2ccc3c(c2)CC(=O)N3)CNC(=O)O1. The maximum atomic E-state index is 11.3.